The second-order valence-electron chi connectivity index (χ2n) is 5.78. The maximum Gasteiger partial charge on any atom is 0.320 e. The van der Waals surface area contributed by atoms with Gasteiger partial charge in [-0.1, -0.05) is 41.5 Å². The number of hydrogen-bond donors (Lipinski definition) is 3. The molecule has 1 atom stereocenters. The Labute approximate surface area is 106 Å². The van der Waals surface area contributed by atoms with Crippen LogP contribution in [0.4, 0.5) is 0 Å². The Balaban J connectivity index is 0. The van der Waals surface area contributed by atoms with Gasteiger partial charge in [-0.3, -0.25) is 4.79 Å². The lowest BCUT2D eigenvalue weighted by Gasteiger charge is -2.33. The molecule has 0 aromatic heterocycles. The van der Waals surface area contributed by atoms with E-state index in [1.165, 1.54) is 0 Å². The first-order chi connectivity index (χ1) is 7.44. The fourth-order valence-electron chi connectivity index (χ4n) is 0.952. The SMILES string of the molecule is CC(C)C(C)(N)C(C)C.CC(C)[C@H](N)C(=O)O. The van der Waals surface area contributed by atoms with Crippen molar-refractivity contribution in [3.63, 3.8) is 0 Å². The Hall–Kier alpha value is -0.610. The van der Waals surface area contributed by atoms with Crippen LogP contribution in [0.15, 0.2) is 0 Å². The lowest BCUT2D eigenvalue weighted by molar-refractivity contribution is -0.139. The van der Waals surface area contributed by atoms with E-state index < -0.39 is 12.0 Å². The molecule has 0 bridgehead atoms. The van der Waals surface area contributed by atoms with Crippen molar-refractivity contribution in [1.82, 2.24) is 0 Å². The molecule has 4 heteroatoms. The van der Waals surface area contributed by atoms with E-state index in [9.17, 15) is 4.79 Å². The average Bonchev–Trinajstić information content (AvgIpc) is 2.16. The van der Waals surface area contributed by atoms with Crippen LogP contribution in [-0.4, -0.2) is 22.7 Å². The number of carbonyl (C=O) groups is 1. The van der Waals surface area contributed by atoms with Crippen LogP contribution < -0.4 is 11.5 Å². The summed E-state index contributed by atoms with van der Waals surface area (Å²) in [5.41, 5.74) is 11.2. The van der Waals surface area contributed by atoms with Crippen molar-refractivity contribution in [2.75, 3.05) is 0 Å². The first kappa shape index (κ1) is 18.7. The van der Waals surface area contributed by atoms with E-state index in [-0.39, 0.29) is 11.5 Å². The van der Waals surface area contributed by atoms with Crippen LogP contribution >= 0.6 is 0 Å². The maximum atomic E-state index is 10.0. The molecule has 104 valence electrons. The van der Waals surface area contributed by atoms with Crippen LogP contribution in [0.2, 0.25) is 0 Å². The van der Waals surface area contributed by atoms with Gasteiger partial charge in [-0.25, -0.2) is 0 Å². The normalized spacial score (nSPS) is 13.6. The number of carboxylic acids is 1. The fraction of sp³-hybridized carbons (Fsp3) is 0.923. The van der Waals surface area contributed by atoms with Crippen molar-refractivity contribution in [3.8, 4) is 0 Å². The largest absolute Gasteiger partial charge is 0.480 e. The summed E-state index contributed by atoms with van der Waals surface area (Å²) in [5.74, 6) is 0.225. The zero-order chi connectivity index (χ0) is 14.4. The molecule has 17 heavy (non-hydrogen) atoms. The molecule has 0 radical (unpaired) electrons. The molecule has 0 aliphatic rings. The molecule has 0 saturated heterocycles. The molecule has 0 unspecified atom stereocenters. The molecule has 0 rings (SSSR count). The Morgan fingerprint density at radius 2 is 1.35 bits per heavy atom. The lowest BCUT2D eigenvalue weighted by atomic mass is 9.80. The number of hydrogen-bond acceptors (Lipinski definition) is 3. The van der Waals surface area contributed by atoms with Gasteiger partial charge in [-0.15, -0.1) is 0 Å². The summed E-state index contributed by atoms with van der Waals surface area (Å²) >= 11 is 0. The predicted octanol–water partition coefficient (Wildman–Crippen LogP) is 2.07. The number of rotatable bonds is 4. The van der Waals surface area contributed by atoms with Crippen LogP contribution in [0.3, 0.4) is 0 Å². The highest BCUT2D eigenvalue weighted by atomic mass is 16.4. The van der Waals surface area contributed by atoms with Crippen molar-refractivity contribution in [2.45, 2.75) is 60.0 Å². The Morgan fingerprint density at radius 3 is 1.35 bits per heavy atom. The van der Waals surface area contributed by atoms with Gasteiger partial charge in [0.05, 0.1) is 0 Å². The molecular weight excluding hydrogens is 216 g/mol. The summed E-state index contributed by atoms with van der Waals surface area (Å²) in [5, 5.41) is 8.23. The van der Waals surface area contributed by atoms with Gasteiger partial charge in [0.2, 0.25) is 0 Å². The third kappa shape index (κ3) is 7.34. The number of carboxylic acid groups (broad SMARTS) is 1. The van der Waals surface area contributed by atoms with Crippen LogP contribution in [-0.2, 0) is 4.79 Å². The monoisotopic (exact) mass is 246 g/mol. The molecule has 0 fully saturated rings. The van der Waals surface area contributed by atoms with Gasteiger partial charge < -0.3 is 16.6 Å². The fourth-order valence-corrected chi connectivity index (χ4v) is 0.952. The quantitative estimate of drug-likeness (QED) is 0.708. The van der Waals surface area contributed by atoms with Crippen LogP contribution in [0.5, 0.6) is 0 Å². The lowest BCUT2D eigenvalue weighted by Crippen LogP contribution is -2.46. The van der Waals surface area contributed by atoms with Crippen LogP contribution in [0.1, 0.15) is 48.5 Å². The van der Waals surface area contributed by atoms with Crippen LogP contribution in [0.25, 0.3) is 0 Å². The van der Waals surface area contributed by atoms with E-state index >= 15 is 0 Å². The number of aliphatic carboxylic acids is 1. The highest BCUT2D eigenvalue weighted by Gasteiger charge is 2.26. The van der Waals surface area contributed by atoms with E-state index in [1.807, 2.05) is 0 Å². The van der Waals surface area contributed by atoms with E-state index in [4.69, 9.17) is 16.6 Å². The molecule has 0 heterocycles. The molecule has 0 spiro atoms. The first-order valence-electron chi connectivity index (χ1n) is 6.21. The summed E-state index contributed by atoms with van der Waals surface area (Å²) in [7, 11) is 0. The van der Waals surface area contributed by atoms with Crippen molar-refractivity contribution in [1.29, 1.82) is 0 Å². The second kappa shape index (κ2) is 7.67. The van der Waals surface area contributed by atoms with Gasteiger partial charge in [-0.05, 0) is 24.7 Å². The van der Waals surface area contributed by atoms with Gasteiger partial charge in [0.1, 0.15) is 6.04 Å². The summed E-state index contributed by atoms with van der Waals surface area (Å²) in [6, 6.07) is -0.713. The molecule has 0 aromatic rings. The minimum Gasteiger partial charge on any atom is -0.480 e. The Bertz CT molecular complexity index is 213. The highest BCUT2D eigenvalue weighted by Crippen LogP contribution is 2.21. The van der Waals surface area contributed by atoms with E-state index in [0.29, 0.717) is 11.8 Å². The predicted molar refractivity (Wildman–Crippen MR) is 72.7 cm³/mol. The maximum absolute atomic E-state index is 10.0. The van der Waals surface area contributed by atoms with E-state index in [0.717, 1.165) is 0 Å². The van der Waals surface area contributed by atoms with Crippen molar-refractivity contribution in [3.05, 3.63) is 0 Å². The molecule has 0 amide bonds. The van der Waals surface area contributed by atoms with Gasteiger partial charge in [0.25, 0.3) is 0 Å². The minimum absolute atomic E-state index is 0.000000000000000222. The third-order valence-electron chi connectivity index (χ3n) is 3.49. The zero-order valence-electron chi connectivity index (χ0n) is 12.3. The second-order valence-corrected chi connectivity index (χ2v) is 5.78. The molecule has 5 N–H and O–H groups in total. The summed E-state index contributed by atoms with van der Waals surface area (Å²) < 4.78 is 0. The molecule has 4 nitrogen and oxygen atoms in total. The molecule has 0 aromatic carbocycles. The van der Waals surface area contributed by atoms with Gasteiger partial charge in [0, 0.05) is 5.54 Å². The summed E-state index contributed by atoms with van der Waals surface area (Å²) in [6.07, 6.45) is 0. The van der Waals surface area contributed by atoms with Crippen molar-refractivity contribution < 1.29 is 9.90 Å². The van der Waals surface area contributed by atoms with E-state index in [1.54, 1.807) is 13.8 Å². The summed E-state index contributed by atoms with van der Waals surface area (Å²) in [6.45, 7) is 14.3. The standard InChI is InChI=1S/C8H19N.C5H11NO2/c1-6(2)8(5,9)7(3)4;1-3(2)4(6)5(7)8/h6-7H,9H2,1-5H3;3-4H,6H2,1-2H3,(H,7,8)/t;4-/m.0/s1. The van der Waals surface area contributed by atoms with Gasteiger partial charge in [0.15, 0.2) is 0 Å². The molecule has 0 aliphatic carbocycles. The summed E-state index contributed by atoms with van der Waals surface area (Å²) in [4.78, 5) is 10.0. The smallest absolute Gasteiger partial charge is 0.320 e. The average molecular weight is 246 g/mol. The minimum atomic E-state index is -0.931. The first-order valence-corrected chi connectivity index (χ1v) is 6.21. The Kier molecular flexibility index (Phi) is 8.45. The van der Waals surface area contributed by atoms with Crippen LogP contribution in [0, 0.1) is 17.8 Å². The highest BCUT2D eigenvalue weighted by molar-refractivity contribution is 5.73. The zero-order valence-corrected chi connectivity index (χ0v) is 12.3. The molecular formula is C13H30N2O2. The topological polar surface area (TPSA) is 89.3 Å². The molecule has 0 aliphatic heterocycles. The van der Waals surface area contributed by atoms with Gasteiger partial charge in [-0.2, -0.15) is 0 Å². The van der Waals surface area contributed by atoms with E-state index in [2.05, 4.69) is 34.6 Å². The Morgan fingerprint density at radius 1 is 1.06 bits per heavy atom. The third-order valence-corrected chi connectivity index (χ3v) is 3.49. The van der Waals surface area contributed by atoms with Crippen molar-refractivity contribution >= 4 is 5.97 Å². The van der Waals surface area contributed by atoms with Crippen molar-refractivity contribution in [2.24, 2.45) is 29.2 Å². The number of nitrogens with two attached hydrogens (primary N) is 2. The molecule has 0 saturated carbocycles. The van der Waals surface area contributed by atoms with Gasteiger partial charge >= 0.3 is 5.97 Å².